The summed E-state index contributed by atoms with van der Waals surface area (Å²) in [6.45, 7) is 4.89. The highest BCUT2D eigenvalue weighted by Crippen LogP contribution is 2.07. The van der Waals surface area contributed by atoms with Crippen LogP contribution in [0, 0.1) is 5.92 Å². The Morgan fingerprint density at radius 1 is 1.35 bits per heavy atom. The van der Waals surface area contributed by atoms with Crippen molar-refractivity contribution in [3.8, 4) is 0 Å². The lowest BCUT2D eigenvalue weighted by molar-refractivity contribution is -0.121. The van der Waals surface area contributed by atoms with Crippen LogP contribution in [0.25, 0.3) is 0 Å². The van der Waals surface area contributed by atoms with Crippen LogP contribution in [-0.2, 0) is 11.2 Å². The van der Waals surface area contributed by atoms with Gasteiger partial charge in [-0.3, -0.25) is 4.79 Å². The number of nitrogen functional groups attached to an aromatic ring is 1. The topological polar surface area (TPSA) is 55.1 Å². The number of hydrogen-bond acceptors (Lipinski definition) is 2. The van der Waals surface area contributed by atoms with Crippen molar-refractivity contribution in [3.63, 3.8) is 0 Å². The summed E-state index contributed by atoms with van der Waals surface area (Å²) in [6.07, 6.45) is 2.52. The lowest BCUT2D eigenvalue weighted by Crippen LogP contribution is -2.26. The Kier molecular flexibility index (Phi) is 5.53. The van der Waals surface area contributed by atoms with Crippen LogP contribution in [-0.4, -0.2) is 12.5 Å². The van der Waals surface area contributed by atoms with Gasteiger partial charge in [0, 0.05) is 18.7 Å². The number of nitrogens with two attached hydrogens (primary N) is 1. The van der Waals surface area contributed by atoms with Crippen molar-refractivity contribution in [2.24, 2.45) is 5.92 Å². The van der Waals surface area contributed by atoms with E-state index in [2.05, 4.69) is 19.2 Å². The Labute approximate surface area is 103 Å². The molecular weight excluding hydrogens is 212 g/mol. The van der Waals surface area contributed by atoms with Crippen molar-refractivity contribution in [1.29, 1.82) is 0 Å². The zero-order chi connectivity index (χ0) is 12.7. The fraction of sp³-hybridized carbons (Fsp3) is 0.500. The minimum absolute atomic E-state index is 0.148. The molecule has 17 heavy (non-hydrogen) atoms. The molecule has 1 aromatic rings. The minimum atomic E-state index is 0.148. The molecule has 3 nitrogen and oxygen atoms in total. The number of anilines is 1. The number of rotatable bonds is 6. The van der Waals surface area contributed by atoms with Crippen molar-refractivity contribution >= 4 is 11.6 Å². The first-order chi connectivity index (χ1) is 8.11. The van der Waals surface area contributed by atoms with Gasteiger partial charge in [-0.25, -0.2) is 0 Å². The highest BCUT2D eigenvalue weighted by Gasteiger charge is 2.06. The summed E-state index contributed by atoms with van der Waals surface area (Å²) >= 11 is 0. The Morgan fingerprint density at radius 3 is 2.59 bits per heavy atom. The molecule has 0 aliphatic rings. The van der Waals surface area contributed by atoms with E-state index in [9.17, 15) is 4.79 Å². The number of benzene rings is 1. The maximum Gasteiger partial charge on any atom is 0.220 e. The van der Waals surface area contributed by atoms with E-state index >= 15 is 0 Å². The molecule has 3 heteroatoms. The summed E-state index contributed by atoms with van der Waals surface area (Å²) in [5.74, 6) is 0.612. The number of amides is 1. The lowest BCUT2D eigenvalue weighted by Gasteiger charge is -2.09. The first kappa shape index (κ1) is 13.6. The van der Waals surface area contributed by atoms with Gasteiger partial charge in [-0.05, 0) is 30.0 Å². The van der Waals surface area contributed by atoms with Crippen molar-refractivity contribution in [2.45, 2.75) is 33.1 Å². The molecule has 0 bridgehead atoms. The van der Waals surface area contributed by atoms with E-state index in [0.29, 0.717) is 18.9 Å². The SMILES string of the molecule is CCC(C)CC(=O)NCCc1ccc(N)cc1. The molecule has 0 spiro atoms. The van der Waals surface area contributed by atoms with Crippen LogP contribution in [0.1, 0.15) is 32.3 Å². The zero-order valence-corrected chi connectivity index (χ0v) is 10.7. The Bertz CT molecular complexity index is 346. The van der Waals surface area contributed by atoms with Crippen LogP contribution in [0.15, 0.2) is 24.3 Å². The molecule has 0 heterocycles. The number of carbonyl (C=O) groups excluding carboxylic acids is 1. The molecule has 0 radical (unpaired) electrons. The third-order valence-electron chi connectivity index (χ3n) is 2.95. The van der Waals surface area contributed by atoms with Gasteiger partial charge in [0.1, 0.15) is 0 Å². The van der Waals surface area contributed by atoms with Gasteiger partial charge in [-0.2, -0.15) is 0 Å². The quantitative estimate of drug-likeness (QED) is 0.742. The fourth-order valence-electron chi connectivity index (χ4n) is 1.56. The van der Waals surface area contributed by atoms with Gasteiger partial charge >= 0.3 is 0 Å². The van der Waals surface area contributed by atoms with E-state index in [4.69, 9.17) is 5.73 Å². The normalized spacial score (nSPS) is 12.1. The molecule has 1 atom stereocenters. The molecule has 1 rings (SSSR count). The Balaban J connectivity index is 2.23. The lowest BCUT2D eigenvalue weighted by atomic mass is 10.0. The van der Waals surface area contributed by atoms with Crippen LogP contribution >= 0.6 is 0 Å². The van der Waals surface area contributed by atoms with Crippen molar-refractivity contribution in [1.82, 2.24) is 5.32 Å². The zero-order valence-electron chi connectivity index (χ0n) is 10.7. The number of nitrogens with one attached hydrogen (secondary N) is 1. The second-order valence-electron chi connectivity index (χ2n) is 4.56. The maximum atomic E-state index is 11.5. The Hall–Kier alpha value is -1.51. The highest BCUT2D eigenvalue weighted by atomic mass is 16.1. The van der Waals surface area contributed by atoms with Crippen LogP contribution in [0.3, 0.4) is 0 Å². The molecule has 0 saturated heterocycles. The summed E-state index contributed by atoms with van der Waals surface area (Å²) in [5, 5.41) is 2.94. The molecule has 0 fully saturated rings. The molecule has 3 N–H and O–H groups in total. The van der Waals surface area contributed by atoms with Gasteiger partial charge < -0.3 is 11.1 Å². The predicted octanol–water partition coefficient (Wildman–Crippen LogP) is 2.36. The summed E-state index contributed by atoms with van der Waals surface area (Å²) in [7, 11) is 0. The van der Waals surface area contributed by atoms with Gasteiger partial charge in [-0.1, -0.05) is 32.4 Å². The molecule has 0 aliphatic carbocycles. The number of hydrogen-bond donors (Lipinski definition) is 2. The fourth-order valence-corrected chi connectivity index (χ4v) is 1.56. The van der Waals surface area contributed by atoms with Crippen molar-refractivity contribution < 1.29 is 4.79 Å². The third kappa shape index (κ3) is 5.38. The molecule has 0 saturated carbocycles. The van der Waals surface area contributed by atoms with Crippen LogP contribution in [0.4, 0.5) is 5.69 Å². The standard InChI is InChI=1S/C14H22N2O/c1-3-11(2)10-14(17)16-9-8-12-4-6-13(15)7-5-12/h4-7,11H,3,8-10,15H2,1-2H3,(H,16,17). The largest absolute Gasteiger partial charge is 0.399 e. The second-order valence-corrected chi connectivity index (χ2v) is 4.56. The van der Waals surface area contributed by atoms with Crippen LogP contribution < -0.4 is 11.1 Å². The highest BCUT2D eigenvalue weighted by molar-refractivity contribution is 5.76. The summed E-state index contributed by atoms with van der Waals surface area (Å²) < 4.78 is 0. The monoisotopic (exact) mass is 234 g/mol. The summed E-state index contributed by atoms with van der Waals surface area (Å²) in [5.41, 5.74) is 7.57. The van der Waals surface area contributed by atoms with Crippen molar-refractivity contribution in [3.05, 3.63) is 29.8 Å². The van der Waals surface area contributed by atoms with E-state index in [1.165, 1.54) is 5.56 Å². The molecular formula is C14H22N2O. The molecule has 1 aromatic carbocycles. The maximum absolute atomic E-state index is 11.5. The molecule has 0 aliphatic heterocycles. The first-order valence-electron chi connectivity index (χ1n) is 6.23. The third-order valence-corrected chi connectivity index (χ3v) is 2.95. The van der Waals surface area contributed by atoms with Gasteiger partial charge in [0.25, 0.3) is 0 Å². The smallest absolute Gasteiger partial charge is 0.220 e. The Morgan fingerprint density at radius 2 is 2.00 bits per heavy atom. The molecule has 0 aromatic heterocycles. The summed E-state index contributed by atoms with van der Waals surface area (Å²) in [4.78, 5) is 11.5. The number of carbonyl (C=O) groups is 1. The second kappa shape index (κ2) is 6.94. The summed E-state index contributed by atoms with van der Waals surface area (Å²) in [6, 6.07) is 7.76. The van der Waals surface area contributed by atoms with Gasteiger partial charge in [0.2, 0.25) is 5.91 Å². The molecule has 1 amide bonds. The van der Waals surface area contributed by atoms with Crippen LogP contribution in [0.5, 0.6) is 0 Å². The van der Waals surface area contributed by atoms with Crippen molar-refractivity contribution in [2.75, 3.05) is 12.3 Å². The average molecular weight is 234 g/mol. The average Bonchev–Trinajstić information content (AvgIpc) is 2.31. The van der Waals surface area contributed by atoms with Gasteiger partial charge in [0.05, 0.1) is 0 Å². The van der Waals surface area contributed by atoms with E-state index in [-0.39, 0.29) is 5.91 Å². The van der Waals surface area contributed by atoms with E-state index in [0.717, 1.165) is 18.5 Å². The molecule has 94 valence electrons. The van der Waals surface area contributed by atoms with Gasteiger partial charge in [-0.15, -0.1) is 0 Å². The van der Waals surface area contributed by atoms with E-state index < -0.39 is 0 Å². The molecule has 1 unspecified atom stereocenters. The minimum Gasteiger partial charge on any atom is -0.399 e. The van der Waals surface area contributed by atoms with E-state index in [1.807, 2.05) is 24.3 Å². The van der Waals surface area contributed by atoms with Crippen LogP contribution in [0.2, 0.25) is 0 Å². The first-order valence-corrected chi connectivity index (χ1v) is 6.23. The van der Waals surface area contributed by atoms with E-state index in [1.54, 1.807) is 0 Å². The van der Waals surface area contributed by atoms with Gasteiger partial charge in [0.15, 0.2) is 0 Å². The predicted molar refractivity (Wildman–Crippen MR) is 71.6 cm³/mol.